The predicted octanol–water partition coefficient (Wildman–Crippen LogP) is -2.73. The third-order valence-corrected chi connectivity index (χ3v) is 12.2. The van der Waals surface area contributed by atoms with Crippen molar-refractivity contribution in [3.8, 4) is 5.75 Å². The van der Waals surface area contributed by atoms with Crippen molar-refractivity contribution in [2.45, 2.75) is 127 Å². The average molecular weight is 1110 g/mol. The van der Waals surface area contributed by atoms with Crippen LogP contribution in [0.3, 0.4) is 0 Å². The van der Waals surface area contributed by atoms with E-state index in [9.17, 15) is 53.4 Å². The maximum absolute atomic E-state index is 14.5. The second-order valence-corrected chi connectivity index (χ2v) is 19.7. The molecule has 1 aliphatic heterocycles. The van der Waals surface area contributed by atoms with Gasteiger partial charge in [-0.1, -0.05) is 70.2 Å². The number of aromatic hydroxyl groups is 1. The lowest BCUT2D eigenvalue weighted by Crippen LogP contribution is -2.62. The first kappa shape index (κ1) is 64.3. The van der Waals surface area contributed by atoms with Gasteiger partial charge < -0.3 is 84.3 Å². The van der Waals surface area contributed by atoms with Crippen molar-refractivity contribution >= 4 is 67.4 Å². The first-order chi connectivity index (χ1) is 36.8. The fraction of sp³-hybridized carbons (Fsp3) is 0.490. The van der Waals surface area contributed by atoms with Crippen LogP contribution in [0.1, 0.15) is 76.6 Å². The first-order valence-corrected chi connectivity index (χ1v) is 26.3. The summed E-state index contributed by atoms with van der Waals surface area (Å²) in [6, 6.07) is 4.15. The topological polar surface area (TPSA) is 470 Å². The normalized spacial score (nSPS) is 15.7. The Morgan fingerprint density at radius 1 is 0.744 bits per heavy atom. The molecule has 2 heterocycles. The second-order valence-electron chi connectivity index (χ2n) is 19.1. The van der Waals surface area contributed by atoms with Gasteiger partial charge in [0, 0.05) is 44.2 Å². The summed E-state index contributed by atoms with van der Waals surface area (Å²) in [5.74, 6) is -9.18. The molecular formula is C49H73N14O14P. The number of imidazole rings is 1. The molecule has 1 aliphatic rings. The van der Waals surface area contributed by atoms with Crippen LogP contribution in [0.25, 0.3) is 0 Å². The Morgan fingerprint density at radius 3 is 1.81 bits per heavy atom. The fourth-order valence-corrected chi connectivity index (χ4v) is 8.20. The average Bonchev–Trinajstić information content (AvgIpc) is 4.08. The van der Waals surface area contributed by atoms with E-state index in [-0.39, 0.29) is 63.3 Å². The van der Waals surface area contributed by atoms with E-state index < -0.39 is 128 Å². The van der Waals surface area contributed by atoms with Gasteiger partial charge in [-0.15, -0.1) is 0 Å². The number of hydrogen-bond donors (Lipinski definition) is 16. The van der Waals surface area contributed by atoms with E-state index in [0.29, 0.717) is 23.2 Å². The monoisotopic (exact) mass is 1110 g/mol. The van der Waals surface area contributed by atoms with Crippen LogP contribution >= 0.6 is 8.25 Å². The molecule has 0 bridgehead atoms. The lowest BCUT2D eigenvalue weighted by molar-refractivity contribution is -0.145. The molecule has 78 heavy (non-hydrogen) atoms. The summed E-state index contributed by atoms with van der Waals surface area (Å²) in [5, 5.41) is 45.9. The Labute approximate surface area is 450 Å². The molecule has 0 unspecified atom stereocenters. The van der Waals surface area contributed by atoms with E-state index in [4.69, 9.17) is 37.0 Å². The Kier molecular flexibility index (Phi) is 26.4. The van der Waals surface area contributed by atoms with Gasteiger partial charge in [-0.05, 0) is 60.8 Å². The molecule has 1 aromatic heterocycles. The van der Waals surface area contributed by atoms with Crippen molar-refractivity contribution in [3.63, 3.8) is 0 Å². The van der Waals surface area contributed by atoms with E-state index in [2.05, 4.69) is 47.2 Å². The summed E-state index contributed by atoms with van der Waals surface area (Å²) in [7, 11) is -3.13. The summed E-state index contributed by atoms with van der Waals surface area (Å²) in [5.41, 5.74) is 18.0. The quantitative estimate of drug-likeness (QED) is 0.0152. The molecule has 8 amide bonds. The lowest BCUT2D eigenvalue weighted by Gasteiger charge is -2.31. The number of carboxylic acid groups (broad SMARTS) is 1. The number of likely N-dealkylation sites (tertiary alicyclic amines) is 1. The van der Waals surface area contributed by atoms with Crippen LogP contribution in [-0.4, -0.2) is 155 Å². The summed E-state index contributed by atoms with van der Waals surface area (Å²) >= 11 is 0. The third-order valence-electron chi connectivity index (χ3n) is 12.2. The van der Waals surface area contributed by atoms with Crippen LogP contribution in [0.15, 0.2) is 67.1 Å². The van der Waals surface area contributed by atoms with Gasteiger partial charge in [0.25, 0.3) is 0 Å². The third kappa shape index (κ3) is 22.0. The number of aromatic nitrogens is 2. The molecule has 1 fully saturated rings. The van der Waals surface area contributed by atoms with Crippen molar-refractivity contribution in [3.05, 3.63) is 83.9 Å². The van der Waals surface area contributed by atoms with Crippen LogP contribution < -0.4 is 54.4 Å². The van der Waals surface area contributed by atoms with E-state index in [1.807, 2.05) is 0 Å². The number of H-pyrrole nitrogens is 1. The Bertz CT molecular complexity index is 2530. The molecule has 3 aromatic rings. The van der Waals surface area contributed by atoms with Gasteiger partial charge in [0.2, 0.25) is 47.3 Å². The number of hydrogen-bond acceptors (Lipinski definition) is 14. The molecule has 2 aromatic carbocycles. The Morgan fingerprint density at radius 2 is 1.28 bits per heavy atom. The molecule has 0 radical (unpaired) electrons. The van der Waals surface area contributed by atoms with Gasteiger partial charge >= 0.3 is 14.2 Å². The number of nitrogens with zero attached hydrogens (tertiary/aromatic N) is 2. The van der Waals surface area contributed by atoms with E-state index in [0.717, 1.165) is 0 Å². The van der Waals surface area contributed by atoms with Crippen LogP contribution in [0.4, 0.5) is 0 Å². The van der Waals surface area contributed by atoms with E-state index >= 15 is 0 Å². The van der Waals surface area contributed by atoms with Gasteiger partial charge in [0.1, 0.15) is 48.0 Å². The van der Waals surface area contributed by atoms with E-state index in [1.54, 1.807) is 58.0 Å². The fourth-order valence-electron chi connectivity index (χ4n) is 8.20. The smallest absolute Gasteiger partial charge is 0.326 e. The number of primary amides is 1. The maximum Gasteiger partial charge on any atom is 0.326 e. The molecule has 1 saturated heterocycles. The number of nitrogens with two attached hydrogens (primary N) is 3. The molecule has 428 valence electrons. The molecule has 8 atom stereocenters. The zero-order valence-corrected chi connectivity index (χ0v) is 44.7. The summed E-state index contributed by atoms with van der Waals surface area (Å²) in [4.78, 5) is 144. The minimum absolute atomic E-state index is 0.000167. The number of aromatic amines is 1. The SMILES string of the molecule is CC(C)[C@H](NC(=O)[C@H](CCCNC(=N)N)NC(=O)[C@@H](N)CC(N)=O)C(=O)N[C@@H](Cc1ccc(O)cc1)C(=O)N[C@H](C(=O)N[C@@H](Cc1cnc[nH]1)C(=O)N1CCC[C@H]1C(=O)N[C@@H](Cc1ccccc1)C(=O)O)C(C)C.O=[PH](O)O. The van der Waals surface area contributed by atoms with Crippen molar-refractivity contribution in [2.75, 3.05) is 13.1 Å². The number of benzene rings is 2. The van der Waals surface area contributed by atoms with Crippen molar-refractivity contribution in [1.82, 2.24) is 52.1 Å². The van der Waals surface area contributed by atoms with Crippen LogP contribution in [0.5, 0.6) is 5.75 Å². The zero-order valence-electron chi connectivity index (χ0n) is 43.7. The number of phenolic OH excluding ortho intramolecular Hbond substituents is 1. The van der Waals surface area contributed by atoms with Crippen molar-refractivity contribution in [1.29, 1.82) is 5.41 Å². The van der Waals surface area contributed by atoms with Crippen molar-refractivity contribution < 1.29 is 67.7 Å². The molecule has 19 N–H and O–H groups in total. The number of carboxylic acids is 1. The number of nitrogens with one attached hydrogen (secondary N) is 9. The largest absolute Gasteiger partial charge is 0.508 e. The summed E-state index contributed by atoms with van der Waals surface area (Å²) < 4.78 is 8.74. The zero-order chi connectivity index (χ0) is 58.2. The number of aliphatic carboxylic acids is 1. The summed E-state index contributed by atoms with van der Waals surface area (Å²) in [6.45, 7) is 6.82. The van der Waals surface area contributed by atoms with Crippen molar-refractivity contribution in [2.24, 2.45) is 29.0 Å². The summed E-state index contributed by atoms with van der Waals surface area (Å²) in [6.07, 6.45) is 2.87. The number of carbonyl (C=O) groups is 9. The van der Waals surface area contributed by atoms with Gasteiger partial charge in [-0.2, -0.15) is 0 Å². The number of rotatable bonds is 28. The van der Waals surface area contributed by atoms with Gasteiger partial charge in [0.05, 0.1) is 18.8 Å². The number of carbonyl (C=O) groups excluding carboxylic acids is 8. The second kappa shape index (κ2) is 32.0. The highest BCUT2D eigenvalue weighted by Gasteiger charge is 2.41. The molecule has 0 aliphatic carbocycles. The highest BCUT2D eigenvalue weighted by molar-refractivity contribution is 7.30. The predicted molar refractivity (Wildman–Crippen MR) is 282 cm³/mol. The number of phenols is 1. The van der Waals surface area contributed by atoms with Gasteiger partial charge in [0.15, 0.2) is 5.96 Å². The lowest BCUT2D eigenvalue weighted by atomic mass is 9.98. The van der Waals surface area contributed by atoms with Crippen LogP contribution in [0, 0.1) is 17.2 Å². The van der Waals surface area contributed by atoms with Crippen LogP contribution in [0.2, 0.25) is 0 Å². The number of amides is 8. The van der Waals surface area contributed by atoms with Gasteiger partial charge in [-0.3, -0.25) is 48.3 Å². The minimum atomic E-state index is -3.13. The van der Waals surface area contributed by atoms with E-state index in [1.165, 1.54) is 41.7 Å². The molecule has 28 nitrogen and oxygen atoms in total. The minimum Gasteiger partial charge on any atom is -0.508 e. The molecule has 0 spiro atoms. The Balaban J connectivity index is 0.00000386. The first-order valence-electron chi connectivity index (χ1n) is 25.0. The van der Waals surface area contributed by atoms with Gasteiger partial charge in [-0.25, -0.2) is 9.78 Å². The number of guanidine groups is 1. The highest BCUT2D eigenvalue weighted by Crippen LogP contribution is 2.21. The molecule has 4 rings (SSSR count). The maximum atomic E-state index is 14.5. The Hall–Kier alpha value is -7.94. The highest BCUT2D eigenvalue weighted by atomic mass is 31.1. The standard InChI is InChI=1S/C49H70N14O11.H3O3P/c1-26(2)39(61-42(67)33(12-8-18-55-49(52)53)57-41(66)32(50)23-38(51)65)45(70)58-34(20-29-14-16-31(64)17-15-29)43(68)62-40(27(3)4)46(71)59-35(22-30-24-54-25-56-30)47(72)63-19-9-13-37(63)44(69)60-36(48(73)74)21-28-10-6-5-7-11-28;1-4(2)3/h5-7,10-11,14-17,24-27,32-37,39-40,64H,8-9,12-13,18-23,50H2,1-4H3,(H2,51,65)(H,54,56)(H,57,66)(H,58,70)(H,59,71)(H,60,69)(H,61,67)(H,62,68)(H,73,74)(H4,52,53,55);4H,(H2,1,2,3)/t32-,33-,34-,35-,36-,37-,39-,40-;/m0./s1. The molecule has 29 heteroatoms. The van der Waals surface area contributed by atoms with Crippen LogP contribution in [-0.2, 0) is 67.0 Å². The molecule has 0 saturated carbocycles. The molecular weight excluding hydrogens is 1040 g/mol.